The first-order valence-electron chi connectivity index (χ1n) is 9.72. The minimum absolute atomic E-state index is 0.234. The number of carbonyl (C=O) groups excluding carboxylic acids is 3. The maximum absolute atomic E-state index is 12.8. The average Bonchev–Trinajstić information content (AvgIpc) is 3.28. The molecule has 0 spiro atoms. The molecule has 3 amide bonds. The van der Waals surface area contributed by atoms with E-state index in [1.54, 1.807) is 29.2 Å². The number of aromatic nitrogens is 1. The van der Waals surface area contributed by atoms with Gasteiger partial charge in [0, 0.05) is 40.8 Å². The summed E-state index contributed by atoms with van der Waals surface area (Å²) in [5.41, 5.74) is 3.95. The van der Waals surface area contributed by atoms with Gasteiger partial charge in [-0.2, -0.15) is 0 Å². The number of aromatic amines is 1. The largest absolute Gasteiger partial charge is 0.361 e. The van der Waals surface area contributed by atoms with E-state index in [0.29, 0.717) is 35.7 Å². The summed E-state index contributed by atoms with van der Waals surface area (Å²) in [4.78, 5) is 43.7. The highest BCUT2D eigenvalue weighted by Gasteiger charge is 2.37. The Kier molecular flexibility index (Phi) is 4.44. The molecule has 0 saturated heterocycles. The van der Waals surface area contributed by atoms with Crippen molar-refractivity contribution in [3.63, 3.8) is 0 Å². The van der Waals surface area contributed by atoms with Crippen molar-refractivity contribution in [2.75, 3.05) is 19.6 Å². The van der Waals surface area contributed by atoms with Gasteiger partial charge in [0.25, 0.3) is 11.8 Å². The number of nitrogens with one attached hydrogen (secondary N) is 1. The normalized spacial score (nSPS) is 16.2. The quantitative estimate of drug-likeness (QED) is 0.657. The van der Waals surface area contributed by atoms with Crippen LogP contribution in [0.3, 0.4) is 0 Å². The Morgan fingerprint density at radius 2 is 1.77 bits per heavy atom. The zero-order valence-corrected chi connectivity index (χ0v) is 16.8. The van der Waals surface area contributed by atoms with Crippen molar-refractivity contribution < 1.29 is 14.4 Å². The molecular weight excluding hydrogens is 402 g/mol. The molecule has 2 aliphatic heterocycles. The minimum Gasteiger partial charge on any atom is -0.361 e. The van der Waals surface area contributed by atoms with Gasteiger partial charge in [-0.25, -0.2) is 0 Å². The van der Waals surface area contributed by atoms with Crippen molar-refractivity contribution in [2.24, 2.45) is 0 Å². The van der Waals surface area contributed by atoms with Gasteiger partial charge in [0.05, 0.1) is 11.1 Å². The molecule has 3 heterocycles. The van der Waals surface area contributed by atoms with Crippen LogP contribution < -0.4 is 0 Å². The van der Waals surface area contributed by atoms with Gasteiger partial charge in [-0.1, -0.05) is 29.8 Å². The lowest BCUT2D eigenvalue weighted by atomic mass is 9.99. The summed E-state index contributed by atoms with van der Waals surface area (Å²) >= 11 is 6.14. The average molecular weight is 420 g/mol. The molecule has 0 radical (unpaired) electrons. The summed E-state index contributed by atoms with van der Waals surface area (Å²) in [6.07, 6.45) is 4.67. The molecule has 6 nitrogen and oxygen atoms in total. The van der Waals surface area contributed by atoms with Gasteiger partial charge in [-0.15, -0.1) is 0 Å². The van der Waals surface area contributed by atoms with Gasteiger partial charge in [-0.05, 0) is 42.3 Å². The van der Waals surface area contributed by atoms with E-state index >= 15 is 0 Å². The zero-order chi connectivity index (χ0) is 20.8. The summed E-state index contributed by atoms with van der Waals surface area (Å²) in [7, 11) is 0. The van der Waals surface area contributed by atoms with Crippen molar-refractivity contribution in [1.29, 1.82) is 0 Å². The number of rotatable bonds is 3. The molecule has 5 rings (SSSR count). The van der Waals surface area contributed by atoms with E-state index in [1.807, 2.05) is 30.5 Å². The molecule has 0 aliphatic carbocycles. The fraction of sp³-hybridized carbons (Fsp3) is 0.174. The van der Waals surface area contributed by atoms with E-state index in [1.165, 1.54) is 0 Å². The number of hydrogen-bond acceptors (Lipinski definition) is 3. The maximum Gasteiger partial charge on any atom is 0.262 e. The van der Waals surface area contributed by atoms with Crippen LogP contribution in [0.5, 0.6) is 0 Å². The molecule has 30 heavy (non-hydrogen) atoms. The van der Waals surface area contributed by atoms with Gasteiger partial charge < -0.3 is 9.88 Å². The van der Waals surface area contributed by atoms with Crippen molar-refractivity contribution in [1.82, 2.24) is 14.8 Å². The lowest BCUT2D eigenvalue weighted by Gasteiger charge is -2.28. The summed E-state index contributed by atoms with van der Waals surface area (Å²) in [6.45, 7) is 0.726. The predicted molar refractivity (Wildman–Crippen MR) is 114 cm³/mol. The van der Waals surface area contributed by atoms with E-state index < -0.39 is 11.8 Å². The molecule has 0 bridgehead atoms. The van der Waals surface area contributed by atoms with E-state index in [-0.39, 0.29) is 12.5 Å². The number of benzene rings is 2. The Labute approximate surface area is 177 Å². The molecule has 0 fully saturated rings. The number of halogens is 1. The van der Waals surface area contributed by atoms with Crippen LogP contribution in [0.25, 0.3) is 16.5 Å². The van der Waals surface area contributed by atoms with Crippen molar-refractivity contribution in [3.05, 3.63) is 76.5 Å². The van der Waals surface area contributed by atoms with Crippen LogP contribution >= 0.6 is 11.6 Å². The number of amides is 3. The molecule has 150 valence electrons. The second-order valence-electron chi connectivity index (χ2n) is 7.45. The molecule has 1 N–H and O–H groups in total. The molecular formula is C23H18ClN3O3. The SMILES string of the molecule is O=C(CN1C(=O)c2ccccc2C1=O)N1CC=C(c2c[nH]c3ccc(Cl)cc23)CC1. The fourth-order valence-electron chi connectivity index (χ4n) is 4.12. The maximum atomic E-state index is 12.8. The number of nitrogens with zero attached hydrogens (tertiary/aromatic N) is 2. The predicted octanol–water partition coefficient (Wildman–Crippen LogP) is 3.73. The highest BCUT2D eigenvalue weighted by Crippen LogP contribution is 2.31. The monoisotopic (exact) mass is 419 g/mol. The number of fused-ring (bicyclic) bond motifs is 2. The summed E-state index contributed by atoms with van der Waals surface area (Å²) in [6, 6.07) is 12.4. The number of carbonyl (C=O) groups is 3. The van der Waals surface area contributed by atoms with Gasteiger partial charge in [-0.3, -0.25) is 19.3 Å². The van der Waals surface area contributed by atoms with Crippen molar-refractivity contribution in [2.45, 2.75) is 6.42 Å². The zero-order valence-electron chi connectivity index (χ0n) is 16.0. The third kappa shape index (κ3) is 3.00. The molecule has 2 aliphatic rings. The third-order valence-corrected chi connectivity index (χ3v) is 5.96. The summed E-state index contributed by atoms with van der Waals surface area (Å²) in [5.74, 6) is -1.05. The molecule has 2 aromatic carbocycles. The van der Waals surface area contributed by atoms with Crippen molar-refractivity contribution >= 4 is 45.8 Å². The van der Waals surface area contributed by atoms with Crippen LogP contribution in [0.4, 0.5) is 0 Å². The number of H-pyrrole nitrogens is 1. The lowest BCUT2D eigenvalue weighted by molar-refractivity contribution is -0.131. The molecule has 0 saturated carbocycles. The molecule has 0 unspecified atom stereocenters. The fourth-order valence-corrected chi connectivity index (χ4v) is 4.29. The van der Waals surface area contributed by atoms with Crippen LogP contribution in [0, 0.1) is 0 Å². The topological polar surface area (TPSA) is 73.5 Å². The molecule has 3 aromatic rings. The van der Waals surface area contributed by atoms with Crippen LogP contribution in [-0.2, 0) is 4.79 Å². The second kappa shape index (κ2) is 7.15. The smallest absolute Gasteiger partial charge is 0.262 e. The van der Waals surface area contributed by atoms with Crippen molar-refractivity contribution in [3.8, 4) is 0 Å². The number of hydrogen-bond donors (Lipinski definition) is 1. The molecule has 0 atom stereocenters. The second-order valence-corrected chi connectivity index (χ2v) is 7.89. The Hall–Kier alpha value is -3.38. The van der Waals surface area contributed by atoms with Gasteiger partial charge >= 0.3 is 0 Å². The Morgan fingerprint density at radius 3 is 2.43 bits per heavy atom. The lowest BCUT2D eigenvalue weighted by Crippen LogP contribution is -2.44. The first-order chi connectivity index (χ1) is 14.5. The van der Waals surface area contributed by atoms with Crippen LogP contribution in [-0.4, -0.2) is 52.1 Å². The van der Waals surface area contributed by atoms with Crippen LogP contribution in [0.2, 0.25) is 5.02 Å². The number of imide groups is 1. The standard InChI is InChI=1S/C23H18ClN3O3/c24-15-5-6-20-18(11-15)19(12-25-20)14-7-9-26(10-8-14)21(28)13-27-22(29)16-3-1-2-4-17(16)23(27)30/h1-7,11-12,25H,8-10,13H2. The van der Waals surface area contributed by atoms with E-state index in [4.69, 9.17) is 11.6 Å². The third-order valence-electron chi connectivity index (χ3n) is 5.72. The van der Waals surface area contributed by atoms with Crippen LogP contribution in [0.1, 0.15) is 32.7 Å². The first-order valence-corrected chi connectivity index (χ1v) is 10.1. The molecule has 7 heteroatoms. The summed E-state index contributed by atoms with van der Waals surface area (Å²) in [5, 5.41) is 1.73. The highest BCUT2D eigenvalue weighted by molar-refractivity contribution is 6.31. The highest BCUT2D eigenvalue weighted by atomic mass is 35.5. The van der Waals surface area contributed by atoms with Crippen LogP contribution in [0.15, 0.2) is 54.7 Å². The Morgan fingerprint density at radius 1 is 1.03 bits per heavy atom. The minimum atomic E-state index is -0.409. The van der Waals surface area contributed by atoms with Gasteiger partial charge in [0.2, 0.25) is 5.91 Å². The van der Waals surface area contributed by atoms with Gasteiger partial charge in [0.15, 0.2) is 0 Å². The van der Waals surface area contributed by atoms with E-state index in [2.05, 4.69) is 4.98 Å². The van der Waals surface area contributed by atoms with E-state index in [0.717, 1.165) is 26.9 Å². The van der Waals surface area contributed by atoms with Gasteiger partial charge in [0.1, 0.15) is 6.54 Å². The van der Waals surface area contributed by atoms with E-state index in [9.17, 15) is 14.4 Å². The Bertz CT molecular complexity index is 1210. The first kappa shape index (κ1) is 18.6. The molecule has 1 aromatic heterocycles. The Balaban J connectivity index is 1.30. The summed E-state index contributed by atoms with van der Waals surface area (Å²) < 4.78 is 0.